The highest BCUT2D eigenvalue weighted by molar-refractivity contribution is 5.94. The van der Waals surface area contributed by atoms with Gasteiger partial charge in [0.1, 0.15) is 0 Å². The van der Waals surface area contributed by atoms with Crippen molar-refractivity contribution in [2.24, 2.45) is 10.7 Å². The number of amides is 1. The molecule has 31 heavy (non-hydrogen) atoms. The van der Waals surface area contributed by atoms with Crippen molar-refractivity contribution in [2.75, 3.05) is 23.9 Å². The Morgan fingerprint density at radius 3 is 2.71 bits per heavy atom. The highest BCUT2D eigenvalue weighted by Gasteiger charge is 2.21. The monoisotopic (exact) mass is 422 g/mol. The van der Waals surface area contributed by atoms with Crippen LogP contribution in [0.5, 0.6) is 0 Å². The summed E-state index contributed by atoms with van der Waals surface area (Å²) in [4.78, 5) is 32.2. The molecule has 0 aliphatic heterocycles. The van der Waals surface area contributed by atoms with Gasteiger partial charge >= 0.3 is 0 Å². The Morgan fingerprint density at radius 1 is 1.29 bits per heavy atom. The number of carbonyl (C=O) groups is 1. The summed E-state index contributed by atoms with van der Waals surface area (Å²) in [6, 6.07) is 7.49. The van der Waals surface area contributed by atoms with Gasteiger partial charge in [-0.05, 0) is 54.5 Å². The Kier molecular flexibility index (Phi) is 6.99. The molecule has 0 bridgehead atoms. The number of anilines is 2. The maximum atomic E-state index is 12.3. The quantitative estimate of drug-likeness (QED) is 0.506. The fourth-order valence-electron chi connectivity index (χ4n) is 3.37. The van der Waals surface area contributed by atoms with E-state index in [4.69, 9.17) is 4.98 Å². The van der Waals surface area contributed by atoms with Crippen LogP contribution < -0.4 is 15.6 Å². The Balaban J connectivity index is 1.71. The molecule has 3 rings (SSSR count). The minimum atomic E-state index is -0.108. The van der Waals surface area contributed by atoms with Gasteiger partial charge in [-0.25, -0.2) is 9.99 Å². The third kappa shape index (κ3) is 6.10. The second-order valence-corrected chi connectivity index (χ2v) is 9.00. The summed E-state index contributed by atoms with van der Waals surface area (Å²) in [7, 11) is 1.60. The molecule has 164 valence electrons. The van der Waals surface area contributed by atoms with Crippen LogP contribution in [0.4, 0.5) is 11.5 Å². The third-order valence-corrected chi connectivity index (χ3v) is 5.11. The standard InChI is InChI=1S/C23H30N6O2/c1-23(2,3)15-25-20-12-11-19(27-21(20)29(4)28-31)16-7-9-18(10-8-16)26-22(30)17-6-5-13-24-14-17/h5-7,11-14,18,25H,8-10,15H2,1-4H3,(H,26,30). The lowest BCUT2D eigenvalue weighted by molar-refractivity contribution is 0.0934. The molecule has 2 N–H and O–H groups in total. The number of hydrogen-bond donors (Lipinski definition) is 2. The van der Waals surface area contributed by atoms with Gasteiger partial charge in [0, 0.05) is 32.0 Å². The first-order valence-corrected chi connectivity index (χ1v) is 10.5. The molecule has 2 aromatic heterocycles. The molecule has 1 amide bonds. The van der Waals surface area contributed by atoms with Gasteiger partial charge in [0.05, 0.1) is 22.2 Å². The van der Waals surface area contributed by atoms with E-state index in [1.54, 1.807) is 31.6 Å². The van der Waals surface area contributed by atoms with Crippen LogP contribution in [0.3, 0.4) is 0 Å². The molecular weight excluding hydrogens is 392 g/mol. The summed E-state index contributed by atoms with van der Waals surface area (Å²) < 4.78 is 0. The Hall–Kier alpha value is -3.29. The molecule has 0 radical (unpaired) electrons. The van der Waals surface area contributed by atoms with Crippen molar-refractivity contribution in [3.05, 3.63) is 58.9 Å². The first-order valence-electron chi connectivity index (χ1n) is 10.5. The zero-order valence-corrected chi connectivity index (χ0v) is 18.6. The van der Waals surface area contributed by atoms with Crippen LogP contribution in [0.1, 0.15) is 56.1 Å². The van der Waals surface area contributed by atoms with E-state index in [1.807, 2.05) is 12.1 Å². The fourth-order valence-corrected chi connectivity index (χ4v) is 3.37. The number of pyridine rings is 2. The van der Waals surface area contributed by atoms with E-state index in [-0.39, 0.29) is 17.4 Å². The maximum Gasteiger partial charge on any atom is 0.253 e. The van der Waals surface area contributed by atoms with Crippen molar-refractivity contribution in [3.63, 3.8) is 0 Å². The highest BCUT2D eigenvalue weighted by atomic mass is 16.3. The number of allylic oxidation sites excluding steroid dienone is 1. The molecule has 2 aromatic rings. The summed E-state index contributed by atoms with van der Waals surface area (Å²) in [5.41, 5.74) is 3.35. The molecule has 1 aliphatic carbocycles. The normalized spacial score (nSPS) is 16.3. The molecule has 1 atom stereocenters. The average molecular weight is 423 g/mol. The molecule has 0 spiro atoms. The number of nitrogens with zero attached hydrogens (tertiary/aromatic N) is 4. The minimum Gasteiger partial charge on any atom is -0.381 e. The van der Waals surface area contributed by atoms with Gasteiger partial charge in [-0.3, -0.25) is 9.78 Å². The lowest BCUT2D eigenvalue weighted by Crippen LogP contribution is -2.35. The van der Waals surface area contributed by atoms with E-state index in [0.717, 1.165) is 42.8 Å². The maximum absolute atomic E-state index is 12.3. The van der Waals surface area contributed by atoms with Crippen LogP contribution in [0.25, 0.3) is 5.57 Å². The molecule has 0 fully saturated rings. The van der Waals surface area contributed by atoms with Gasteiger partial charge < -0.3 is 10.6 Å². The largest absolute Gasteiger partial charge is 0.381 e. The molecule has 8 heteroatoms. The predicted molar refractivity (Wildman–Crippen MR) is 124 cm³/mol. The van der Waals surface area contributed by atoms with Crippen LogP contribution in [-0.4, -0.2) is 35.5 Å². The topological polar surface area (TPSA) is 99.6 Å². The zero-order valence-electron chi connectivity index (χ0n) is 18.6. The lowest BCUT2D eigenvalue weighted by atomic mass is 9.92. The van der Waals surface area contributed by atoms with Crippen molar-refractivity contribution in [1.82, 2.24) is 15.3 Å². The number of nitrogens with one attached hydrogen (secondary N) is 2. The van der Waals surface area contributed by atoms with E-state index in [0.29, 0.717) is 11.4 Å². The van der Waals surface area contributed by atoms with Gasteiger partial charge in [0.15, 0.2) is 5.82 Å². The second-order valence-electron chi connectivity index (χ2n) is 9.00. The van der Waals surface area contributed by atoms with Crippen LogP contribution in [0.15, 0.2) is 48.0 Å². The number of rotatable bonds is 7. The number of nitroso groups, excluding NO2 is 1. The summed E-state index contributed by atoms with van der Waals surface area (Å²) >= 11 is 0. The van der Waals surface area contributed by atoms with E-state index in [1.165, 1.54) is 5.01 Å². The fraction of sp³-hybridized carbons (Fsp3) is 0.435. The van der Waals surface area contributed by atoms with Crippen LogP contribution in [0, 0.1) is 10.3 Å². The smallest absolute Gasteiger partial charge is 0.253 e. The van der Waals surface area contributed by atoms with E-state index in [2.05, 4.69) is 47.8 Å². The zero-order chi connectivity index (χ0) is 22.4. The van der Waals surface area contributed by atoms with Crippen molar-refractivity contribution < 1.29 is 4.79 Å². The first kappa shape index (κ1) is 22.4. The number of hydrogen-bond acceptors (Lipinski definition) is 6. The second kappa shape index (κ2) is 9.68. The molecule has 0 saturated carbocycles. The Morgan fingerprint density at radius 2 is 2.10 bits per heavy atom. The van der Waals surface area contributed by atoms with Crippen molar-refractivity contribution in [3.8, 4) is 0 Å². The van der Waals surface area contributed by atoms with Gasteiger partial charge in [-0.1, -0.05) is 26.8 Å². The van der Waals surface area contributed by atoms with E-state index < -0.39 is 0 Å². The average Bonchev–Trinajstić information content (AvgIpc) is 2.77. The molecular formula is C23H30N6O2. The number of aromatic nitrogens is 2. The molecule has 8 nitrogen and oxygen atoms in total. The highest BCUT2D eigenvalue weighted by Crippen LogP contribution is 2.31. The van der Waals surface area contributed by atoms with Gasteiger partial charge in [0.2, 0.25) is 0 Å². The SMILES string of the molecule is CN(N=O)c1nc(C2=CCC(NC(=O)c3cccnc3)CC2)ccc1NCC(C)(C)C. The number of carbonyl (C=O) groups excluding carboxylic acids is 1. The summed E-state index contributed by atoms with van der Waals surface area (Å²) in [5, 5.41) is 10.7. The predicted octanol–water partition coefficient (Wildman–Crippen LogP) is 4.42. The van der Waals surface area contributed by atoms with Crippen LogP contribution in [-0.2, 0) is 0 Å². The molecule has 2 heterocycles. The van der Waals surface area contributed by atoms with Gasteiger partial charge in [-0.2, -0.15) is 0 Å². The molecule has 0 aromatic carbocycles. The first-order chi connectivity index (χ1) is 14.8. The van der Waals surface area contributed by atoms with Crippen molar-refractivity contribution >= 4 is 23.0 Å². The Bertz CT molecular complexity index is 952. The van der Waals surface area contributed by atoms with Crippen molar-refractivity contribution in [1.29, 1.82) is 0 Å². The van der Waals surface area contributed by atoms with Crippen LogP contribution in [0.2, 0.25) is 0 Å². The lowest BCUT2D eigenvalue weighted by Gasteiger charge is -2.24. The van der Waals surface area contributed by atoms with E-state index >= 15 is 0 Å². The molecule has 1 aliphatic rings. The van der Waals surface area contributed by atoms with E-state index in [9.17, 15) is 9.70 Å². The third-order valence-electron chi connectivity index (χ3n) is 5.11. The van der Waals surface area contributed by atoms with Gasteiger partial charge in [0.25, 0.3) is 5.91 Å². The van der Waals surface area contributed by atoms with Gasteiger partial charge in [-0.15, -0.1) is 4.91 Å². The summed E-state index contributed by atoms with van der Waals surface area (Å²) in [6.45, 7) is 7.16. The van der Waals surface area contributed by atoms with Crippen molar-refractivity contribution in [2.45, 2.75) is 46.1 Å². The Labute approximate surface area is 183 Å². The molecule has 0 saturated heterocycles. The minimum absolute atomic E-state index is 0.0722. The van der Waals surface area contributed by atoms with Crippen LogP contribution >= 0.6 is 0 Å². The molecule has 1 unspecified atom stereocenters. The summed E-state index contributed by atoms with van der Waals surface area (Å²) in [5.74, 6) is 0.396. The summed E-state index contributed by atoms with van der Waals surface area (Å²) in [6.07, 6.45) is 7.66.